The van der Waals surface area contributed by atoms with Gasteiger partial charge in [-0.2, -0.15) is 0 Å². The first-order valence-electron chi connectivity index (χ1n) is 11.5. The largest absolute Gasteiger partial charge is 0.491 e. The first-order chi connectivity index (χ1) is 16.6. The molecule has 0 unspecified atom stereocenters. The summed E-state index contributed by atoms with van der Waals surface area (Å²) in [4.78, 5) is 19.2. The number of nitrogens with zero attached hydrogens (tertiary/aromatic N) is 2. The van der Waals surface area contributed by atoms with E-state index in [-0.39, 0.29) is 11.9 Å². The third-order valence-electron chi connectivity index (χ3n) is 5.71. The Morgan fingerprint density at radius 1 is 1.00 bits per heavy atom. The number of rotatable bonds is 7. The van der Waals surface area contributed by atoms with Crippen LogP contribution in [-0.2, 0) is 6.42 Å². The fourth-order valence-electron chi connectivity index (χ4n) is 4.11. The third kappa shape index (κ3) is 4.50. The third-order valence-corrected chi connectivity index (χ3v) is 5.71. The first-order valence-corrected chi connectivity index (χ1v) is 11.5. The van der Waals surface area contributed by atoms with E-state index < -0.39 is 0 Å². The lowest BCUT2D eigenvalue weighted by molar-refractivity contribution is 0.103. The van der Waals surface area contributed by atoms with Crippen molar-refractivity contribution in [2.24, 2.45) is 0 Å². The van der Waals surface area contributed by atoms with Gasteiger partial charge in [-0.3, -0.25) is 9.78 Å². The quantitative estimate of drug-likeness (QED) is 0.248. The summed E-state index contributed by atoms with van der Waals surface area (Å²) in [5.41, 5.74) is 2.53. The van der Waals surface area contributed by atoms with Gasteiger partial charge in [0.15, 0.2) is 5.75 Å². The predicted octanol–water partition coefficient (Wildman–Crippen LogP) is 6.19. The number of pyridine rings is 1. The number of carbonyl (C=O) groups is 1. The lowest BCUT2D eigenvalue weighted by atomic mass is 10.1. The molecule has 34 heavy (non-hydrogen) atoms. The van der Waals surface area contributed by atoms with Gasteiger partial charge in [-0.1, -0.05) is 48.5 Å². The number of anilines is 1. The maximum atomic E-state index is 12.9. The van der Waals surface area contributed by atoms with Crippen molar-refractivity contribution in [1.82, 2.24) is 4.98 Å². The van der Waals surface area contributed by atoms with Crippen molar-refractivity contribution in [2.45, 2.75) is 26.4 Å². The lowest BCUT2D eigenvalue weighted by Gasteiger charge is -2.18. The fourth-order valence-corrected chi connectivity index (χ4v) is 4.11. The minimum Gasteiger partial charge on any atom is -0.491 e. The van der Waals surface area contributed by atoms with Gasteiger partial charge in [0, 0.05) is 24.2 Å². The molecule has 4 aromatic rings. The van der Waals surface area contributed by atoms with Crippen molar-refractivity contribution in [3.05, 3.63) is 108 Å². The monoisotopic (exact) mass is 450 g/mol. The topological polar surface area (TPSA) is 51.7 Å². The Bertz CT molecular complexity index is 1350. The molecule has 1 aliphatic rings. The summed E-state index contributed by atoms with van der Waals surface area (Å²) in [5, 5.41) is 2.12. The Labute approximate surface area is 199 Å². The number of aromatic nitrogens is 1. The van der Waals surface area contributed by atoms with E-state index in [1.54, 1.807) is 24.4 Å². The van der Waals surface area contributed by atoms with E-state index in [4.69, 9.17) is 9.47 Å². The van der Waals surface area contributed by atoms with Gasteiger partial charge in [-0.25, -0.2) is 0 Å². The molecule has 0 amide bonds. The molecule has 1 aliphatic heterocycles. The van der Waals surface area contributed by atoms with E-state index in [1.165, 1.54) is 11.6 Å². The van der Waals surface area contributed by atoms with Crippen molar-refractivity contribution in [3.63, 3.8) is 0 Å². The highest BCUT2D eigenvalue weighted by molar-refractivity contribution is 6.04. The molecule has 3 aromatic carbocycles. The van der Waals surface area contributed by atoms with Gasteiger partial charge < -0.3 is 14.4 Å². The second-order valence-corrected chi connectivity index (χ2v) is 8.51. The van der Waals surface area contributed by atoms with Crippen LogP contribution in [0.4, 0.5) is 5.69 Å². The molecule has 5 heteroatoms. The van der Waals surface area contributed by atoms with Crippen LogP contribution in [0.15, 0.2) is 97.0 Å². The zero-order chi connectivity index (χ0) is 23.5. The molecule has 0 N–H and O–H groups in total. The van der Waals surface area contributed by atoms with Gasteiger partial charge in [-0.15, -0.1) is 0 Å². The van der Waals surface area contributed by atoms with Crippen LogP contribution in [0.1, 0.15) is 29.9 Å². The molecular weight excluding hydrogens is 424 g/mol. The van der Waals surface area contributed by atoms with Crippen molar-refractivity contribution in [3.8, 4) is 11.5 Å². The number of hydrogen-bond donors (Lipinski definition) is 0. The van der Waals surface area contributed by atoms with E-state index in [2.05, 4.69) is 40.2 Å². The van der Waals surface area contributed by atoms with Crippen LogP contribution < -0.4 is 14.4 Å². The zero-order valence-corrected chi connectivity index (χ0v) is 19.3. The van der Waals surface area contributed by atoms with Crippen LogP contribution in [0.2, 0.25) is 0 Å². The van der Waals surface area contributed by atoms with Crippen LogP contribution >= 0.6 is 0 Å². The number of hydrogen-bond acceptors (Lipinski definition) is 5. The van der Waals surface area contributed by atoms with Gasteiger partial charge in [0.2, 0.25) is 11.7 Å². The predicted molar refractivity (Wildman–Crippen MR) is 134 cm³/mol. The number of fused-ring (bicyclic) bond motifs is 3. The summed E-state index contributed by atoms with van der Waals surface area (Å²) in [6.07, 6.45) is 4.08. The minimum absolute atomic E-state index is 0.142. The Morgan fingerprint density at radius 2 is 1.79 bits per heavy atom. The summed E-state index contributed by atoms with van der Waals surface area (Å²) >= 11 is 0. The van der Waals surface area contributed by atoms with Crippen LogP contribution in [0.5, 0.6) is 11.5 Å². The fraction of sp³-hybridized carbons (Fsp3) is 0.172. The molecule has 2 heterocycles. The van der Waals surface area contributed by atoms with Crippen LogP contribution in [0.25, 0.3) is 10.8 Å². The van der Waals surface area contributed by atoms with Gasteiger partial charge >= 0.3 is 0 Å². The highest BCUT2D eigenvalue weighted by Gasteiger charge is 2.29. The number of ketones is 1. The molecule has 170 valence electrons. The van der Waals surface area contributed by atoms with Crippen LogP contribution in [0.3, 0.4) is 0 Å². The summed E-state index contributed by atoms with van der Waals surface area (Å²) in [6.45, 7) is 4.70. The summed E-state index contributed by atoms with van der Waals surface area (Å²) in [6, 6.07) is 25.7. The Balaban J connectivity index is 1.45. The van der Waals surface area contributed by atoms with E-state index in [1.807, 2.05) is 44.2 Å². The molecule has 0 bridgehead atoms. The highest BCUT2D eigenvalue weighted by Crippen LogP contribution is 2.44. The standard InChI is InChI=1S/C29H26N2O3/c1-20(2)33-23-13-10-21(11-14-23)16-18-31-26-15-12-22-7-3-4-8-24(22)29(26)34-28(31)19-27(32)25-9-5-6-17-30-25/h3-15,17,19-20H,16,18H2,1-2H3/b28-19+. The average molecular weight is 451 g/mol. The molecule has 0 saturated heterocycles. The maximum absolute atomic E-state index is 12.9. The summed E-state index contributed by atoms with van der Waals surface area (Å²) < 4.78 is 12.0. The van der Waals surface area contributed by atoms with Crippen molar-refractivity contribution >= 4 is 22.2 Å². The molecule has 0 spiro atoms. The minimum atomic E-state index is -0.187. The number of carbonyl (C=O) groups excluding carboxylic acids is 1. The Kier molecular flexibility index (Phi) is 6.00. The van der Waals surface area contributed by atoms with E-state index >= 15 is 0 Å². The van der Waals surface area contributed by atoms with Crippen molar-refractivity contribution < 1.29 is 14.3 Å². The Morgan fingerprint density at radius 3 is 2.56 bits per heavy atom. The number of benzene rings is 3. The van der Waals surface area contributed by atoms with Crippen molar-refractivity contribution in [1.29, 1.82) is 0 Å². The molecule has 0 aliphatic carbocycles. The molecule has 0 fully saturated rings. The molecule has 5 nitrogen and oxygen atoms in total. The second kappa shape index (κ2) is 9.40. The lowest BCUT2D eigenvalue weighted by Crippen LogP contribution is -2.24. The van der Waals surface area contributed by atoms with E-state index in [0.717, 1.165) is 34.4 Å². The second-order valence-electron chi connectivity index (χ2n) is 8.51. The van der Waals surface area contributed by atoms with Gasteiger partial charge in [0.1, 0.15) is 11.4 Å². The molecule has 0 radical (unpaired) electrons. The maximum Gasteiger partial charge on any atom is 0.209 e. The van der Waals surface area contributed by atoms with Crippen LogP contribution in [0, 0.1) is 0 Å². The van der Waals surface area contributed by atoms with E-state index in [0.29, 0.717) is 18.1 Å². The number of ether oxygens (including phenoxy) is 2. The smallest absolute Gasteiger partial charge is 0.209 e. The Hall–Kier alpha value is -4.12. The van der Waals surface area contributed by atoms with Gasteiger partial charge in [0.25, 0.3) is 0 Å². The first kappa shape index (κ1) is 21.7. The van der Waals surface area contributed by atoms with Gasteiger partial charge in [0.05, 0.1) is 11.8 Å². The highest BCUT2D eigenvalue weighted by atomic mass is 16.5. The molecular formula is C29H26N2O3. The van der Waals surface area contributed by atoms with Crippen molar-refractivity contribution in [2.75, 3.05) is 11.4 Å². The molecule has 1 aromatic heterocycles. The zero-order valence-electron chi connectivity index (χ0n) is 19.3. The van der Waals surface area contributed by atoms with Crippen LogP contribution in [-0.4, -0.2) is 23.4 Å². The summed E-state index contributed by atoms with van der Waals surface area (Å²) in [7, 11) is 0. The summed E-state index contributed by atoms with van der Waals surface area (Å²) in [5.74, 6) is 1.97. The molecule has 0 saturated carbocycles. The van der Waals surface area contributed by atoms with E-state index in [9.17, 15) is 4.79 Å². The average Bonchev–Trinajstić information content (AvgIpc) is 3.21. The normalized spacial score (nSPS) is 13.9. The SMILES string of the molecule is CC(C)Oc1ccc(CCN2/C(=C\C(=O)c3ccccn3)Oc3c2ccc2ccccc32)cc1. The molecule has 0 atom stereocenters. The number of allylic oxidation sites excluding steroid dienone is 1. The van der Waals surface area contributed by atoms with Gasteiger partial charge in [-0.05, 0) is 61.5 Å². The molecule has 5 rings (SSSR count).